The van der Waals surface area contributed by atoms with Crippen molar-refractivity contribution < 1.29 is 9.84 Å². The minimum Gasteiger partial charge on any atom is -0.393 e. The molecule has 0 bridgehead atoms. The number of ether oxygens (including phenoxy) is 1. The summed E-state index contributed by atoms with van der Waals surface area (Å²) in [6.07, 6.45) is 5.38. The highest BCUT2D eigenvalue weighted by atomic mass is 16.5. The van der Waals surface area contributed by atoms with Gasteiger partial charge in [-0.25, -0.2) is 0 Å². The summed E-state index contributed by atoms with van der Waals surface area (Å²) >= 11 is 0. The predicted octanol–water partition coefficient (Wildman–Crippen LogP) is 1.29. The van der Waals surface area contributed by atoms with Gasteiger partial charge in [0.15, 0.2) is 0 Å². The molecule has 2 atom stereocenters. The SMILES string of the molecule is CC1OCCC1C1(CN)CCC(O)CC1. The molecule has 3 nitrogen and oxygen atoms in total. The Balaban J connectivity index is 2.07. The maximum atomic E-state index is 9.57. The van der Waals surface area contributed by atoms with E-state index in [1.165, 1.54) is 0 Å². The van der Waals surface area contributed by atoms with Crippen LogP contribution < -0.4 is 5.73 Å². The molecule has 2 rings (SSSR count). The largest absolute Gasteiger partial charge is 0.393 e. The third-order valence-electron chi connectivity index (χ3n) is 4.52. The molecule has 0 radical (unpaired) electrons. The van der Waals surface area contributed by atoms with Crippen LogP contribution in [0.1, 0.15) is 39.0 Å². The van der Waals surface area contributed by atoms with Gasteiger partial charge in [-0.1, -0.05) is 0 Å². The molecule has 1 heterocycles. The van der Waals surface area contributed by atoms with Crippen LogP contribution in [0.15, 0.2) is 0 Å². The van der Waals surface area contributed by atoms with Crippen molar-refractivity contribution in [2.75, 3.05) is 13.2 Å². The first kappa shape index (κ1) is 11.4. The molecule has 2 unspecified atom stereocenters. The number of nitrogens with two attached hydrogens (primary N) is 1. The van der Waals surface area contributed by atoms with E-state index in [4.69, 9.17) is 10.5 Å². The Bertz CT molecular complexity index is 212. The summed E-state index contributed by atoms with van der Waals surface area (Å²) in [5.74, 6) is 0.606. The molecule has 2 fully saturated rings. The molecule has 0 amide bonds. The van der Waals surface area contributed by atoms with Gasteiger partial charge >= 0.3 is 0 Å². The summed E-state index contributed by atoms with van der Waals surface area (Å²) < 4.78 is 5.65. The van der Waals surface area contributed by atoms with E-state index in [0.717, 1.165) is 45.3 Å². The Morgan fingerprint density at radius 2 is 2.00 bits per heavy atom. The van der Waals surface area contributed by atoms with Crippen LogP contribution in [0.4, 0.5) is 0 Å². The first-order chi connectivity index (χ1) is 7.18. The van der Waals surface area contributed by atoms with E-state index in [1.54, 1.807) is 0 Å². The summed E-state index contributed by atoms with van der Waals surface area (Å²) in [6, 6.07) is 0. The zero-order valence-electron chi connectivity index (χ0n) is 9.61. The van der Waals surface area contributed by atoms with Gasteiger partial charge in [0.05, 0.1) is 12.2 Å². The average molecular weight is 213 g/mol. The van der Waals surface area contributed by atoms with Crippen molar-refractivity contribution in [2.24, 2.45) is 17.1 Å². The van der Waals surface area contributed by atoms with Crippen LogP contribution >= 0.6 is 0 Å². The molecule has 0 aromatic rings. The van der Waals surface area contributed by atoms with Crippen LogP contribution in [0.25, 0.3) is 0 Å². The number of aliphatic hydroxyl groups is 1. The smallest absolute Gasteiger partial charge is 0.0581 e. The second kappa shape index (κ2) is 4.40. The van der Waals surface area contributed by atoms with Gasteiger partial charge in [-0.05, 0) is 56.9 Å². The maximum absolute atomic E-state index is 9.57. The van der Waals surface area contributed by atoms with Crippen molar-refractivity contribution in [1.29, 1.82) is 0 Å². The maximum Gasteiger partial charge on any atom is 0.0581 e. The van der Waals surface area contributed by atoms with Crippen LogP contribution in [0, 0.1) is 11.3 Å². The van der Waals surface area contributed by atoms with Gasteiger partial charge in [0, 0.05) is 6.61 Å². The van der Waals surface area contributed by atoms with E-state index < -0.39 is 0 Å². The third kappa shape index (κ3) is 2.05. The van der Waals surface area contributed by atoms with Crippen LogP contribution in [0.2, 0.25) is 0 Å². The molecule has 0 spiro atoms. The van der Waals surface area contributed by atoms with E-state index in [1.807, 2.05) is 0 Å². The number of hydrogen-bond acceptors (Lipinski definition) is 3. The molecule has 3 N–H and O–H groups in total. The quantitative estimate of drug-likeness (QED) is 0.727. The van der Waals surface area contributed by atoms with Gasteiger partial charge in [0.1, 0.15) is 0 Å². The molecular weight excluding hydrogens is 190 g/mol. The fraction of sp³-hybridized carbons (Fsp3) is 1.00. The molecular formula is C12H23NO2. The summed E-state index contributed by atoms with van der Waals surface area (Å²) in [5.41, 5.74) is 6.23. The zero-order chi connectivity index (χ0) is 10.9. The molecule has 1 aliphatic heterocycles. The monoisotopic (exact) mass is 213 g/mol. The third-order valence-corrected chi connectivity index (χ3v) is 4.52. The average Bonchev–Trinajstić information content (AvgIpc) is 2.67. The Hall–Kier alpha value is -0.120. The molecule has 88 valence electrons. The lowest BCUT2D eigenvalue weighted by atomic mass is 9.63. The molecule has 1 saturated carbocycles. The minimum atomic E-state index is -0.0951. The Labute approximate surface area is 92.0 Å². The van der Waals surface area contributed by atoms with E-state index >= 15 is 0 Å². The van der Waals surface area contributed by atoms with Gasteiger partial charge < -0.3 is 15.6 Å². The summed E-state index contributed by atoms with van der Waals surface area (Å²) in [6.45, 7) is 3.80. The molecule has 15 heavy (non-hydrogen) atoms. The van der Waals surface area contributed by atoms with Crippen LogP contribution in [0.3, 0.4) is 0 Å². The molecule has 3 heteroatoms. The van der Waals surface area contributed by atoms with Gasteiger partial charge in [0.25, 0.3) is 0 Å². The van der Waals surface area contributed by atoms with Crippen molar-refractivity contribution >= 4 is 0 Å². The zero-order valence-corrected chi connectivity index (χ0v) is 9.61. The van der Waals surface area contributed by atoms with E-state index in [2.05, 4.69) is 6.92 Å². The van der Waals surface area contributed by atoms with Crippen molar-refractivity contribution in [3.63, 3.8) is 0 Å². The van der Waals surface area contributed by atoms with Crippen molar-refractivity contribution in [3.05, 3.63) is 0 Å². The summed E-state index contributed by atoms with van der Waals surface area (Å²) in [4.78, 5) is 0. The first-order valence-electron chi connectivity index (χ1n) is 6.18. The standard InChI is InChI=1S/C12H23NO2/c1-9-11(4-7-15-9)12(8-13)5-2-10(14)3-6-12/h9-11,14H,2-8,13H2,1H3. The Kier molecular flexibility index (Phi) is 3.33. The second-order valence-electron chi connectivity index (χ2n) is 5.27. The highest BCUT2D eigenvalue weighted by Gasteiger charge is 2.45. The molecule has 0 aromatic carbocycles. The highest BCUT2D eigenvalue weighted by Crippen LogP contribution is 2.47. The lowest BCUT2D eigenvalue weighted by molar-refractivity contribution is -0.000210. The Morgan fingerprint density at radius 1 is 1.33 bits per heavy atom. The van der Waals surface area contributed by atoms with E-state index in [9.17, 15) is 5.11 Å². The molecule has 1 saturated heterocycles. The fourth-order valence-electron chi connectivity index (χ4n) is 3.44. The van der Waals surface area contributed by atoms with Crippen LogP contribution in [-0.4, -0.2) is 30.5 Å². The van der Waals surface area contributed by atoms with Crippen molar-refractivity contribution in [3.8, 4) is 0 Å². The second-order valence-corrected chi connectivity index (χ2v) is 5.27. The van der Waals surface area contributed by atoms with Crippen molar-refractivity contribution in [1.82, 2.24) is 0 Å². The molecule has 0 aromatic heterocycles. The van der Waals surface area contributed by atoms with Gasteiger partial charge in [0.2, 0.25) is 0 Å². The number of rotatable bonds is 2. The fourth-order valence-corrected chi connectivity index (χ4v) is 3.44. The number of hydrogen-bond donors (Lipinski definition) is 2. The minimum absolute atomic E-state index is 0.0951. The molecule has 2 aliphatic rings. The van der Waals surface area contributed by atoms with Gasteiger partial charge in [-0.2, -0.15) is 0 Å². The molecule has 1 aliphatic carbocycles. The lowest BCUT2D eigenvalue weighted by Crippen LogP contribution is -2.44. The van der Waals surface area contributed by atoms with Gasteiger partial charge in [-0.15, -0.1) is 0 Å². The lowest BCUT2D eigenvalue weighted by Gasteiger charge is -2.43. The first-order valence-corrected chi connectivity index (χ1v) is 6.18. The van der Waals surface area contributed by atoms with Gasteiger partial charge in [-0.3, -0.25) is 0 Å². The van der Waals surface area contributed by atoms with Crippen LogP contribution in [-0.2, 0) is 4.74 Å². The van der Waals surface area contributed by atoms with Crippen LogP contribution in [0.5, 0.6) is 0 Å². The normalized spacial score (nSPS) is 47.0. The topological polar surface area (TPSA) is 55.5 Å². The highest BCUT2D eigenvalue weighted by molar-refractivity contribution is 4.95. The Morgan fingerprint density at radius 3 is 2.47 bits per heavy atom. The number of aliphatic hydroxyl groups excluding tert-OH is 1. The van der Waals surface area contributed by atoms with E-state index in [0.29, 0.717) is 12.0 Å². The van der Waals surface area contributed by atoms with E-state index in [-0.39, 0.29) is 11.5 Å². The predicted molar refractivity (Wildman–Crippen MR) is 59.5 cm³/mol. The summed E-state index contributed by atoms with van der Waals surface area (Å²) in [5, 5.41) is 9.57. The van der Waals surface area contributed by atoms with Crippen molar-refractivity contribution in [2.45, 2.75) is 51.2 Å². The summed E-state index contributed by atoms with van der Waals surface area (Å²) in [7, 11) is 0.